The summed E-state index contributed by atoms with van der Waals surface area (Å²) in [7, 11) is 1.59. The SMILES string of the molecule is COc1ccccc1OCCNC(=O)Cc1noc2ccccc12. The number of methoxy groups -OCH3 is 1. The molecule has 1 aromatic heterocycles. The predicted molar refractivity (Wildman–Crippen MR) is 89.2 cm³/mol. The topological polar surface area (TPSA) is 73.6 Å². The monoisotopic (exact) mass is 326 g/mol. The van der Waals surface area contributed by atoms with Crippen molar-refractivity contribution in [1.29, 1.82) is 0 Å². The lowest BCUT2D eigenvalue weighted by atomic mass is 10.2. The Morgan fingerprint density at radius 2 is 1.88 bits per heavy atom. The van der Waals surface area contributed by atoms with E-state index in [1.165, 1.54) is 0 Å². The number of hydrogen-bond donors (Lipinski definition) is 1. The molecule has 0 saturated carbocycles. The minimum atomic E-state index is -0.127. The number of carbonyl (C=O) groups excluding carboxylic acids is 1. The van der Waals surface area contributed by atoms with Crippen molar-refractivity contribution in [1.82, 2.24) is 10.5 Å². The van der Waals surface area contributed by atoms with Gasteiger partial charge in [0.15, 0.2) is 17.1 Å². The van der Waals surface area contributed by atoms with Crippen LogP contribution < -0.4 is 14.8 Å². The van der Waals surface area contributed by atoms with Crippen LogP contribution in [0.2, 0.25) is 0 Å². The molecule has 0 bridgehead atoms. The van der Waals surface area contributed by atoms with Gasteiger partial charge in [-0.1, -0.05) is 29.4 Å². The molecule has 6 nitrogen and oxygen atoms in total. The van der Waals surface area contributed by atoms with Gasteiger partial charge in [-0.3, -0.25) is 4.79 Å². The predicted octanol–water partition coefficient (Wildman–Crippen LogP) is 2.57. The van der Waals surface area contributed by atoms with Crippen LogP contribution in [0.3, 0.4) is 0 Å². The molecular formula is C18H18N2O4. The second-order valence-corrected chi connectivity index (χ2v) is 5.15. The largest absolute Gasteiger partial charge is 0.493 e. The number of nitrogens with zero attached hydrogens (tertiary/aromatic N) is 1. The Morgan fingerprint density at radius 3 is 2.71 bits per heavy atom. The average Bonchev–Trinajstić information content (AvgIpc) is 3.02. The van der Waals surface area contributed by atoms with Crippen LogP contribution in [0.1, 0.15) is 5.69 Å². The molecule has 0 fully saturated rings. The molecule has 0 atom stereocenters. The first-order valence-corrected chi connectivity index (χ1v) is 7.63. The van der Waals surface area contributed by atoms with Crippen LogP contribution in [0.4, 0.5) is 0 Å². The number of aromatic nitrogens is 1. The van der Waals surface area contributed by atoms with Gasteiger partial charge >= 0.3 is 0 Å². The number of amides is 1. The summed E-state index contributed by atoms with van der Waals surface area (Å²) in [4.78, 5) is 12.0. The lowest BCUT2D eigenvalue weighted by molar-refractivity contribution is -0.120. The molecule has 2 aromatic carbocycles. The Morgan fingerprint density at radius 1 is 1.12 bits per heavy atom. The van der Waals surface area contributed by atoms with Crippen molar-refractivity contribution in [2.24, 2.45) is 0 Å². The van der Waals surface area contributed by atoms with Crippen molar-refractivity contribution < 1.29 is 18.8 Å². The summed E-state index contributed by atoms with van der Waals surface area (Å²) in [5.74, 6) is 1.19. The lowest BCUT2D eigenvalue weighted by Gasteiger charge is -2.10. The van der Waals surface area contributed by atoms with Crippen LogP contribution >= 0.6 is 0 Å². The number of fused-ring (bicyclic) bond motifs is 1. The van der Waals surface area contributed by atoms with E-state index in [2.05, 4.69) is 10.5 Å². The Kier molecular flexibility index (Phi) is 4.96. The molecule has 0 saturated heterocycles. The molecule has 0 unspecified atom stereocenters. The number of nitrogens with one attached hydrogen (secondary N) is 1. The van der Waals surface area contributed by atoms with E-state index in [-0.39, 0.29) is 12.3 Å². The zero-order valence-electron chi connectivity index (χ0n) is 13.3. The minimum Gasteiger partial charge on any atom is -0.493 e. The molecule has 1 heterocycles. The van der Waals surface area contributed by atoms with Crippen LogP contribution in [0.25, 0.3) is 11.0 Å². The van der Waals surface area contributed by atoms with E-state index < -0.39 is 0 Å². The fourth-order valence-electron chi connectivity index (χ4n) is 2.37. The van der Waals surface area contributed by atoms with Crippen LogP contribution in [0.15, 0.2) is 53.1 Å². The third-order valence-electron chi connectivity index (χ3n) is 3.53. The maximum absolute atomic E-state index is 12.0. The molecule has 0 aliphatic rings. The zero-order valence-corrected chi connectivity index (χ0v) is 13.3. The summed E-state index contributed by atoms with van der Waals surface area (Å²) in [5, 5.41) is 7.62. The smallest absolute Gasteiger partial charge is 0.226 e. The highest BCUT2D eigenvalue weighted by molar-refractivity contribution is 5.86. The highest BCUT2D eigenvalue weighted by Crippen LogP contribution is 2.25. The Labute approximate surface area is 139 Å². The van der Waals surface area contributed by atoms with Crippen molar-refractivity contribution in [3.63, 3.8) is 0 Å². The fourth-order valence-corrected chi connectivity index (χ4v) is 2.37. The number of hydrogen-bond acceptors (Lipinski definition) is 5. The molecule has 6 heteroatoms. The van der Waals surface area contributed by atoms with Crippen LogP contribution in [-0.4, -0.2) is 31.3 Å². The Balaban J connectivity index is 1.48. The Bertz CT molecular complexity index is 829. The molecule has 124 valence electrons. The van der Waals surface area contributed by atoms with Crippen molar-refractivity contribution in [2.75, 3.05) is 20.3 Å². The number of para-hydroxylation sites is 3. The van der Waals surface area contributed by atoms with Crippen LogP contribution in [-0.2, 0) is 11.2 Å². The molecule has 1 N–H and O–H groups in total. The van der Waals surface area contributed by atoms with E-state index in [1.807, 2.05) is 48.5 Å². The molecule has 24 heavy (non-hydrogen) atoms. The van der Waals surface area contributed by atoms with E-state index in [1.54, 1.807) is 7.11 Å². The molecule has 0 aliphatic carbocycles. The average molecular weight is 326 g/mol. The van der Waals surface area contributed by atoms with Crippen molar-refractivity contribution >= 4 is 16.9 Å². The number of ether oxygens (including phenoxy) is 2. The summed E-state index contributed by atoms with van der Waals surface area (Å²) in [6, 6.07) is 14.9. The van der Waals surface area contributed by atoms with E-state index in [0.717, 1.165) is 5.39 Å². The molecule has 3 aromatic rings. The lowest BCUT2D eigenvalue weighted by Crippen LogP contribution is -2.29. The van der Waals surface area contributed by atoms with Gasteiger partial charge in [0, 0.05) is 5.39 Å². The zero-order chi connectivity index (χ0) is 16.8. The van der Waals surface area contributed by atoms with Gasteiger partial charge in [-0.05, 0) is 24.3 Å². The standard InChI is InChI=1S/C18H18N2O4/c1-22-16-8-4-5-9-17(16)23-11-10-19-18(21)12-14-13-6-2-3-7-15(13)24-20-14/h2-9H,10-12H2,1H3,(H,19,21). The van der Waals surface area contributed by atoms with Gasteiger partial charge < -0.3 is 19.3 Å². The molecule has 0 spiro atoms. The normalized spacial score (nSPS) is 10.5. The number of rotatable bonds is 7. The summed E-state index contributed by atoms with van der Waals surface area (Å²) in [5.41, 5.74) is 1.31. The van der Waals surface area contributed by atoms with Gasteiger partial charge in [0.25, 0.3) is 0 Å². The quantitative estimate of drug-likeness (QED) is 0.676. The van der Waals surface area contributed by atoms with Gasteiger partial charge in [-0.2, -0.15) is 0 Å². The maximum atomic E-state index is 12.0. The highest BCUT2D eigenvalue weighted by Gasteiger charge is 2.11. The first-order chi connectivity index (χ1) is 11.8. The van der Waals surface area contributed by atoms with Gasteiger partial charge in [-0.25, -0.2) is 0 Å². The second kappa shape index (κ2) is 7.50. The summed E-state index contributed by atoms with van der Waals surface area (Å²) in [6.07, 6.45) is 0.172. The van der Waals surface area contributed by atoms with Gasteiger partial charge in [-0.15, -0.1) is 0 Å². The third kappa shape index (κ3) is 3.65. The van der Waals surface area contributed by atoms with Crippen LogP contribution in [0.5, 0.6) is 11.5 Å². The summed E-state index contributed by atoms with van der Waals surface area (Å²) >= 11 is 0. The van der Waals surface area contributed by atoms with Crippen molar-refractivity contribution in [3.05, 3.63) is 54.2 Å². The number of benzene rings is 2. The molecular weight excluding hydrogens is 308 g/mol. The van der Waals surface area contributed by atoms with E-state index in [9.17, 15) is 4.79 Å². The number of carbonyl (C=O) groups is 1. The van der Waals surface area contributed by atoms with Crippen molar-refractivity contribution in [2.45, 2.75) is 6.42 Å². The van der Waals surface area contributed by atoms with Crippen molar-refractivity contribution in [3.8, 4) is 11.5 Å². The first-order valence-electron chi connectivity index (χ1n) is 7.63. The molecule has 0 radical (unpaired) electrons. The van der Waals surface area contributed by atoms with E-state index >= 15 is 0 Å². The maximum Gasteiger partial charge on any atom is 0.226 e. The molecule has 1 amide bonds. The van der Waals surface area contributed by atoms with Crippen LogP contribution in [0, 0.1) is 0 Å². The second-order valence-electron chi connectivity index (χ2n) is 5.15. The summed E-state index contributed by atoms with van der Waals surface area (Å²) < 4.78 is 16.0. The van der Waals surface area contributed by atoms with Gasteiger partial charge in [0.05, 0.1) is 20.1 Å². The molecule has 0 aliphatic heterocycles. The van der Waals surface area contributed by atoms with Gasteiger partial charge in [0.1, 0.15) is 12.3 Å². The highest BCUT2D eigenvalue weighted by atomic mass is 16.5. The Hall–Kier alpha value is -3.02. The van der Waals surface area contributed by atoms with E-state index in [4.69, 9.17) is 14.0 Å². The van der Waals surface area contributed by atoms with Gasteiger partial charge in [0.2, 0.25) is 5.91 Å². The fraction of sp³-hybridized carbons (Fsp3) is 0.222. The minimum absolute atomic E-state index is 0.127. The first kappa shape index (κ1) is 15.9. The van der Waals surface area contributed by atoms with E-state index in [0.29, 0.717) is 35.9 Å². The third-order valence-corrected chi connectivity index (χ3v) is 3.53. The summed E-state index contributed by atoms with van der Waals surface area (Å²) in [6.45, 7) is 0.748. The molecule has 3 rings (SSSR count).